The van der Waals surface area contributed by atoms with Gasteiger partial charge in [0.1, 0.15) is 12.4 Å². The number of nitrogens with one attached hydrogen (secondary N) is 1. The highest BCUT2D eigenvalue weighted by Gasteiger charge is 2.59. The number of benzene rings is 1. The van der Waals surface area contributed by atoms with E-state index < -0.39 is 18.4 Å². The summed E-state index contributed by atoms with van der Waals surface area (Å²) in [4.78, 5) is 34.3. The zero-order valence-corrected chi connectivity index (χ0v) is 20.6. The first kappa shape index (κ1) is 24.5. The van der Waals surface area contributed by atoms with Crippen molar-refractivity contribution < 1.29 is 19.8 Å². The standard InChI is InChI=1S/C27H32N4O4/c1-6-18-13-27(11-12-31(18)19-9-7-17(8-10-19)26(3,4)5)14-20(27)24-29-16(2)23(34)22(30-24)25(35)28-15-21(32)33/h1,7-10,18,20,34H,11-15H2,2-5H3,(H,28,35)(H,32,33)/t18?,20-,27+/m0/s1. The van der Waals surface area contributed by atoms with Crippen LogP contribution in [0.2, 0.25) is 0 Å². The fourth-order valence-corrected chi connectivity index (χ4v) is 5.06. The molecular weight excluding hydrogens is 444 g/mol. The van der Waals surface area contributed by atoms with Gasteiger partial charge in [-0.1, -0.05) is 38.8 Å². The van der Waals surface area contributed by atoms with Crippen molar-refractivity contribution in [3.63, 3.8) is 0 Å². The first-order valence-corrected chi connectivity index (χ1v) is 11.9. The van der Waals surface area contributed by atoms with Crippen LogP contribution in [0, 0.1) is 24.7 Å². The second-order valence-corrected chi connectivity index (χ2v) is 10.7. The van der Waals surface area contributed by atoms with E-state index in [1.165, 1.54) is 5.56 Å². The lowest BCUT2D eigenvalue weighted by molar-refractivity contribution is -0.135. The van der Waals surface area contributed by atoms with Gasteiger partial charge in [-0.25, -0.2) is 9.97 Å². The minimum Gasteiger partial charge on any atom is -0.504 e. The van der Waals surface area contributed by atoms with Crippen molar-refractivity contribution in [3.8, 4) is 18.1 Å². The molecule has 1 saturated heterocycles. The lowest BCUT2D eigenvalue weighted by Crippen LogP contribution is -2.43. The van der Waals surface area contributed by atoms with Gasteiger partial charge in [-0.05, 0) is 54.7 Å². The Morgan fingerprint density at radius 3 is 2.51 bits per heavy atom. The Morgan fingerprint density at radius 2 is 1.91 bits per heavy atom. The van der Waals surface area contributed by atoms with Gasteiger partial charge in [-0.15, -0.1) is 6.42 Å². The van der Waals surface area contributed by atoms with Gasteiger partial charge in [-0.3, -0.25) is 9.59 Å². The molecule has 0 radical (unpaired) electrons. The number of carboxylic acids is 1. The molecule has 184 valence electrons. The second-order valence-electron chi connectivity index (χ2n) is 10.7. The van der Waals surface area contributed by atoms with Crippen molar-refractivity contribution in [1.29, 1.82) is 0 Å². The quantitative estimate of drug-likeness (QED) is 0.567. The van der Waals surface area contributed by atoms with Crippen LogP contribution >= 0.6 is 0 Å². The Bertz CT molecular complexity index is 1200. The fourth-order valence-electron chi connectivity index (χ4n) is 5.06. The maximum absolute atomic E-state index is 12.4. The van der Waals surface area contributed by atoms with Crippen LogP contribution in [0.1, 0.15) is 73.5 Å². The number of carbonyl (C=O) groups excluding carboxylic acids is 1. The highest BCUT2D eigenvalue weighted by atomic mass is 16.4. The van der Waals surface area contributed by atoms with Crippen LogP contribution in [0.4, 0.5) is 5.69 Å². The van der Waals surface area contributed by atoms with E-state index in [0.29, 0.717) is 11.5 Å². The van der Waals surface area contributed by atoms with E-state index in [4.69, 9.17) is 11.5 Å². The Balaban J connectivity index is 1.52. The van der Waals surface area contributed by atoms with E-state index in [1.54, 1.807) is 6.92 Å². The molecule has 1 aliphatic heterocycles. The van der Waals surface area contributed by atoms with E-state index >= 15 is 0 Å². The lowest BCUT2D eigenvalue weighted by Gasteiger charge is -2.39. The fraction of sp³-hybridized carbons (Fsp3) is 0.481. The zero-order chi connectivity index (χ0) is 25.5. The van der Waals surface area contributed by atoms with Gasteiger partial charge in [0.05, 0.1) is 11.7 Å². The SMILES string of the molecule is C#CC1C[C@]2(CCN1c1ccc(C(C)(C)C)cc1)C[C@H]2c1nc(C)c(O)c(C(=O)NCC(=O)O)n1. The van der Waals surface area contributed by atoms with E-state index in [1.807, 2.05) is 0 Å². The molecule has 8 nitrogen and oxygen atoms in total. The van der Waals surface area contributed by atoms with E-state index in [2.05, 4.69) is 71.1 Å². The van der Waals surface area contributed by atoms with Gasteiger partial charge < -0.3 is 20.4 Å². The van der Waals surface area contributed by atoms with Gasteiger partial charge in [0.2, 0.25) is 0 Å². The number of aryl methyl sites for hydroxylation is 1. The minimum absolute atomic E-state index is 0.0362. The van der Waals surface area contributed by atoms with Crippen molar-refractivity contribution in [2.75, 3.05) is 18.0 Å². The Kier molecular flexibility index (Phi) is 6.22. The number of aromatic hydroxyl groups is 1. The smallest absolute Gasteiger partial charge is 0.322 e. The van der Waals surface area contributed by atoms with Crippen LogP contribution in [0.5, 0.6) is 5.75 Å². The maximum atomic E-state index is 12.4. The average Bonchev–Trinajstić information content (AvgIpc) is 3.51. The molecule has 2 aromatic rings. The lowest BCUT2D eigenvalue weighted by atomic mass is 9.84. The first-order chi connectivity index (χ1) is 16.4. The van der Waals surface area contributed by atoms with Crippen molar-refractivity contribution in [2.45, 2.75) is 64.3 Å². The molecule has 1 amide bonds. The van der Waals surface area contributed by atoms with E-state index in [-0.39, 0.29) is 34.2 Å². The van der Waals surface area contributed by atoms with Crippen LogP contribution in [0.3, 0.4) is 0 Å². The van der Waals surface area contributed by atoms with Gasteiger partial charge in [0, 0.05) is 18.2 Å². The number of hydrogen-bond acceptors (Lipinski definition) is 6. The molecule has 2 heterocycles. The number of piperidine rings is 1. The number of hydrogen-bond donors (Lipinski definition) is 3. The molecule has 1 saturated carbocycles. The third kappa shape index (κ3) is 4.81. The molecule has 1 aromatic carbocycles. The summed E-state index contributed by atoms with van der Waals surface area (Å²) in [7, 11) is 0. The number of carboxylic acid groups (broad SMARTS) is 1. The Labute approximate surface area is 205 Å². The molecular formula is C27H32N4O4. The molecule has 1 spiro atoms. The predicted molar refractivity (Wildman–Crippen MR) is 133 cm³/mol. The van der Waals surface area contributed by atoms with Crippen molar-refractivity contribution in [1.82, 2.24) is 15.3 Å². The van der Waals surface area contributed by atoms with Gasteiger partial charge >= 0.3 is 5.97 Å². The topological polar surface area (TPSA) is 116 Å². The van der Waals surface area contributed by atoms with Crippen molar-refractivity contribution >= 4 is 17.6 Å². The van der Waals surface area contributed by atoms with Gasteiger partial charge in [-0.2, -0.15) is 0 Å². The van der Waals surface area contributed by atoms with Crippen LogP contribution in [0.15, 0.2) is 24.3 Å². The molecule has 2 aliphatic rings. The van der Waals surface area contributed by atoms with E-state index in [0.717, 1.165) is 31.5 Å². The molecule has 8 heteroatoms. The molecule has 2 fully saturated rings. The zero-order valence-electron chi connectivity index (χ0n) is 20.6. The molecule has 4 rings (SSSR count). The van der Waals surface area contributed by atoms with Crippen LogP contribution in [-0.2, 0) is 10.2 Å². The first-order valence-electron chi connectivity index (χ1n) is 11.9. The monoisotopic (exact) mass is 476 g/mol. The maximum Gasteiger partial charge on any atom is 0.322 e. The summed E-state index contributed by atoms with van der Waals surface area (Å²) < 4.78 is 0. The highest BCUT2D eigenvalue weighted by Crippen LogP contribution is 2.65. The molecule has 35 heavy (non-hydrogen) atoms. The highest BCUT2D eigenvalue weighted by molar-refractivity contribution is 5.96. The van der Waals surface area contributed by atoms with E-state index in [9.17, 15) is 14.7 Å². The molecule has 0 bridgehead atoms. The third-order valence-corrected chi connectivity index (χ3v) is 7.28. The molecule has 1 aliphatic carbocycles. The van der Waals surface area contributed by atoms with Crippen LogP contribution in [0.25, 0.3) is 0 Å². The number of amides is 1. The summed E-state index contributed by atoms with van der Waals surface area (Å²) in [5.41, 5.74) is 2.53. The number of aliphatic carboxylic acids is 1. The normalized spacial score (nSPS) is 23.6. The summed E-state index contributed by atoms with van der Waals surface area (Å²) in [6.45, 7) is 8.44. The summed E-state index contributed by atoms with van der Waals surface area (Å²) in [6, 6.07) is 8.54. The van der Waals surface area contributed by atoms with Crippen molar-refractivity contribution in [2.24, 2.45) is 5.41 Å². The second kappa shape index (κ2) is 8.88. The Morgan fingerprint density at radius 1 is 1.23 bits per heavy atom. The molecule has 3 atom stereocenters. The predicted octanol–water partition coefficient (Wildman–Crippen LogP) is 3.38. The summed E-state index contributed by atoms with van der Waals surface area (Å²) in [6.07, 6.45) is 8.54. The van der Waals surface area contributed by atoms with Gasteiger partial charge in [0.25, 0.3) is 5.91 Å². The average molecular weight is 477 g/mol. The third-order valence-electron chi connectivity index (χ3n) is 7.28. The minimum atomic E-state index is -1.18. The number of aromatic nitrogens is 2. The number of nitrogens with zero attached hydrogens (tertiary/aromatic N) is 3. The summed E-state index contributed by atoms with van der Waals surface area (Å²) in [5.74, 6) is 1.26. The Hall–Kier alpha value is -3.60. The number of rotatable bonds is 5. The summed E-state index contributed by atoms with van der Waals surface area (Å²) >= 11 is 0. The number of anilines is 1. The molecule has 1 unspecified atom stereocenters. The molecule has 3 N–H and O–H groups in total. The van der Waals surface area contributed by atoms with Crippen LogP contribution < -0.4 is 10.2 Å². The van der Waals surface area contributed by atoms with Gasteiger partial charge in [0.15, 0.2) is 11.4 Å². The largest absolute Gasteiger partial charge is 0.504 e. The number of terminal acetylenes is 1. The number of carbonyl (C=O) groups is 2. The van der Waals surface area contributed by atoms with Crippen molar-refractivity contribution in [3.05, 3.63) is 47.0 Å². The molecule has 1 aromatic heterocycles. The summed E-state index contributed by atoms with van der Waals surface area (Å²) in [5, 5.41) is 21.4. The van der Waals surface area contributed by atoms with Crippen LogP contribution in [-0.4, -0.2) is 51.2 Å².